The number of carboxylic acid groups (broad SMARTS) is 1. The zero-order valence-electron chi connectivity index (χ0n) is 14.2. The van der Waals surface area contributed by atoms with E-state index < -0.39 is 5.97 Å². The molecular formula is C21H23NO3. The SMILES string of the molecule is O=C(O)CCC(NC(=O)Cc1ccc2c(c1)CCC2)c1ccccc1. The number of carbonyl (C=O) groups excluding carboxylic acids is 1. The van der Waals surface area contributed by atoms with E-state index in [2.05, 4.69) is 17.4 Å². The summed E-state index contributed by atoms with van der Waals surface area (Å²) in [6.07, 6.45) is 4.15. The Morgan fingerprint density at radius 3 is 2.56 bits per heavy atom. The molecule has 0 spiro atoms. The monoisotopic (exact) mass is 337 g/mol. The van der Waals surface area contributed by atoms with Gasteiger partial charge in [0.2, 0.25) is 5.91 Å². The highest BCUT2D eigenvalue weighted by Crippen LogP contribution is 2.23. The first kappa shape index (κ1) is 17.2. The lowest BCUT2D eigenvalue weighted by atomic mass is 10.0. The molecule has 130 valence electrons. The quantitative estimate of drug-likeness (QED) is 0.813. The van der Waals surface area contributed by atoms with Gasteiger partial charge in [0.25, 0.3) is 0 Å². The minimum absolute atomic E-state index is 0.0265. The van der Waals surface area contributed by atoms with Gasteiger partial charge < -0.3 is 10.4 Å². The van der Waals surface area contributed by atoms with Crippen LogP contribution in [0.5, 0.6) is 0 Å². The minimum atomic E-state index is -0.853. The lowest BCUT2D eigenvalue weighted by molar-refractivity contribution is -0.137. The van der Waals surface area contributed by atoms with E-state index in [1.807, 2.05) is 36.4 Å². The maximum Gasteiger partial charge on any atom is 0.303 e. The van der Waals surface area contributed by atoms with E-state index in [-0.39, 0.29) is 18.4 Å². The summed E-state index contributed by atoms with van der Waals surface area (Å²) in [6, 6.07) is 15.6. The second-order valence-electron chi connectivity index (χ2n) is 6.60. The van der Waals surface area contributed by atoms with Gasteiger partial charge in [0.1, 0.15) is 0 Å². The van der Waals surface area contributed by atoms with E-state index >= 15 is 0 Å². The summed E-state index contributed by atoms with van der Waals surface area (Å²) >= 11 is 0. The number of hydrogen-bond acceptors (Lipinski definition) is 2. The van der Waals surface area contributed by atoms with Crippen molar-refractivity contribution in [1.29, 1.82) is 0 Å². The smallest absolute Gasteiger partial charge is 0.303 e. The lowest BCUT2D eigenvalue weighted by Crippen LogP contribution is -2.30. The Balaban J connectivity index is 1.66. The van der Waals surface area contributed by atoms with E-state index in [1.165, 1.54) is 17.5 Å². The average Bonchev–Trinajstić information content (AvgIpc) is 3.07. The van der Waals surface area contributed by atoms with E-state index in [0.29, 0.717) is 12.8 Å². The molecule has 4 nitrogen and oxygen atoms in total. The molecule has 0 aromatic heterocycles. The summed E-state index contributed by atoms with van der Waals surface area (Å²) in [6.45, 7) is 0. The summed E-state index contributed by atoms with van der Waals surface area (Å²) in [7, 11) is 0. The van der Waals surface area contributed by atoms with Crippen LogP contribution in [0.25, 0.3) is 0 Å². The maximum absolute atomic E-state index is 12.5. The normalized spacial score (nSPS) is 13.9. The number of amides is 1. The molecule has 0 radical (unpaired) electrons. The first-order valence-electron chi connectivity index (χ1n) is 8.78. The van der Waals surface area contributed by atoms with Crippen molar-refractivity contribution >= 4 is 11.9 Å². The van der Waals surface area contributed by atoms with Crippen LogP contribution in [0.1, 0.15) is 47.6 Å². The Kier molecular flexibility index (Phi) is 5.49. The van der Waals surface area contributed by atoms with Gasteiger partial charge in [-0.3, -0.25) is 9.59 Å². The molecule has 4 heteroatoms. The largest absolute Gasteiger partial charge is 0.481 e. The number of aryl methyl sites for hydroxylation is 2. The molecule has 0 fully saturated rings. The highest BCUT2D eigenvalue weighted by atomic mass is 16.4. The Hall–Kier alpha value is -2.62. The van der Waals surface area contributed by atoms with Crippen LogP contribution >= 0.6 is 0 Å². The molecule has 0 saturated heterocycles. The van der Waals surface area contributed by atoms with Crippen molar-refractivity contribution in [2.24, 2.45) is 0 Å². The zero-order valence-corrected chi connectivity index (χ0v) is 14.2. The summed E-state index contributed by atoms with van der Waals surface area (Å²) in [4.78, 5) is 23.4. The fraction of sp³-hybridized carbons (Fsp3) is 0.333. The Morgan fingerprint density at radius 2 is 1.80 bits per heavy atom. The van der Waals surface area contributed by atoms with Crippen LogP contribution in [0, 0.1) is 0 Å². The highest BCUT2D eigenvalue weighted by Gasteiger charge is 2.17. The van der Waals surface area contributed by atoms with Crippen LogP contribution in [0.2, 0.25) is 0 Å². The molecule has 0 bridgehead atoms. The number of hydrogen-bond donors (Lipinski definition) is 2. The molecule has 0 aliphatic heterocycles. The number of carboxylic acids is 1. The van der Waals surface area contributed by atoms with Crippen LogP contribution in [-0.2, 0) is 28.9 Å². The first-order valence-corrected chi connectivity index (χ1v) is 8.78. The lowest BCUT2D eigenvalue weighted by Gasteiger charge is -2.19. The molecule has 2 N–H and O–H groups in total. The second kappa shape index (κ2) is 7.97. The third kappa shape index (κ3) is 4.69. The standard InChI is InChI=1S/C21H23NO3/c23-20(14-15-9-10-16-7-4-8-18(16)13-15)22-19(11-12-21(24)25)17-5-2-1-3-6-17/h1-3,5-6,9-10,13,19H,4,7-8,11-12,14H2,(H,22,23)(H,24,25). The summed E-state index contributed by atoms with van der Waals surface area (Å²) in [5.74, 6) is -0.925. The fourth-order valence-electron chi connectivity index (χ4n) is 3.44. The Bertz CT molecular complexity index is 755. The van der Waals surface area contributed by atoms with Gasteiger partial charge in [0.05, 0.1) is 12.5 Å². The van der Waals surface area contributed by atoms with Gasteiger partial charge in [-0.15, -0.1) is 0 Å². The molecular weight excluding hydrogens is 314 g/mol. The minimum Gasteiger partial charge on any atom is -0.481 e. The topological polar surface area (TPSA) is 66.4 Å². The second-order valence-corrected chi connectivity index (χ2v) is 6.60. The van der Waals surface area contributed by atoms with Crippen LogP contribution in [-0.4, -0.2) is 17.0 Å². The van der Waals surface area contributed by atoms with Gasteiger partial charge in [-0.1, -0.05) is 48.5 Å². The van der Waals surface area contributed by atoms with Crippen molar-refractivity contribution in [1.82, 2.24) is 5.32 Å². The molecule has 1 aliphatic rings. The molecule has 0 heterocycles. The van der Waals surface area contributed by atoms with Crippen molar-refractivity contribution in [3.63, 3.8) is 0 Å². The van der Waals surface area contributed by atoms with Gasteiger partial charge in [0.15, 0.2) is 0 Å². The predicted octanol–water partition coefficient (Wildman–Crippen LogP) is 3.44. The number of carbonyl (C=O) groups is 2. The average molecular weight is 337 g/mol. The molecule has 1 unspecified atom stereocenters. The zero-order chi connectivity index (χ0) is 17.6. The fourth-order valence-corrected chi connectivity index (χ4v) is 3.44. The Morgan fingerprint density at radius 1 is 1.04 bits per heavy atom. The maximum atomic E-state index is 12.5. The van der Waals surface area contributed by atoms with Crippen molar-refractivity contribution < 1.29 is 14.7 Å². The van der Waals surface area contributed by atoms with Crippen molar-refractivity contribution in [2.45, 2.75) is 44.6 Å². The number of aliphatic carboxylic acids is 1. The summed E-state index contributed by atoms with van der Waals surface area (Å²) in [5.41, 5.74) is 4.71. The molecule has 0 saturated carbocycles. The molecule has 1 atom stereocenters. The Labute approximate surface area is 147 Å². The molecule has 1 aliphatic carbocycles. The van der Waals surface area contributed by atoms with Crippen LogP contribution in [0.15, 0.2) is 48.5 Å². The van der Waals surface area contributed by atoms with Crippen LogP contribution < -0.4 is 5.32 Å². The van der Waals surface area contributed by atoms with E-state index in [4.69, 9.17) is 5.11 Å². The molecule has 2 aromatic carbocycles. The van der Waals surface area contributed by atoms with E-state index in [9.17, 15) is 9.59 Å². The highest BCUT2D eigenvalue weighted by molar-refractivity contribution is 5.79. The molecule has 1 amide bonds. The van der Waals surface area contributed by atoms with Gasteiger partial charge in [-0.2, -0.15) is 0 Å². The summed E-state index contributed by atoms with van der Waals surface area (Å²) < 4.78 is 0. The van der Waals surface area contributed by atoms with Crippen molar-refractivity contribution in [3.8, 4) is 0 Å². The summed E-state index contributed by atoms with van der Waals surface area (Å²) in [5, 5.41) is 12.0. The molecule has 3 rings (SSSR count). The number of nitrogens with one attached hydrogen (secondary N) is 1. The molecule has 2 aromatic rings. The predicted molar refractivity (Wildman–Crippen MR) is 96.4 cm³/mol. The van der Waals surface area contributed by atoms with Crippen molar-refractivity contribution in [3.05, 3.63) is 70.8 Å². The van der Waals surface area contributed by atoms with Crippen LogP contribution in [0.3, 0.4) is 0 Å². The third-order valence-electron chi connectivity index (χ3n) is 4.71. The van der Waals surface area contributed by atoms with Gasteiger partial charge in [-0.05, 0) is 47.9 Å². The van der Waals surface area contributed by atoms with Gasteiger partial charge in [-0.25, -0.2) is 0 Å². The van der Waals surface area contributed by atoms with Crippen molar-refractivity contribution in [2.75, 3.05) is 0 Å². The number of fused-ring (bicyclic) bond motifs is 1. The number of benzene rings is 2. The van der Waals surface area contributed by atoms with E-state index in [1.54, 1.807) is 0 Å². The first-order chi connectivity index (χ1) is 12.1. The van der Waals surface area contributed by atoms with Gasteiger partial charge >= 0.3 is 5.97 Å². The third-order valence-corrected chi connectivity index (χ3v) is 4.71. The van der Waals surface area contributed by atoms with E-state index in [0.717, 1.165) is 24.0 Å². The van der Waals surface area contributed by atoms with Crippen LogP contribution in [0.4, 0.5) is 0 Å². The number of rotatable bonds is 7. The van der Waals surface area contributed by atoms with Gasteiger partial charge in [0, 0.05) is 6.42 Å². The molecule has 25 heavy (non-hydrogen) atoms.